The van der Waals surface area contributed by atoms with Crippen molar-refractivity contribution >= 4 is 12.7 Å². The van der Waals surface area contributed by atoms with E-state index in [4.69, 9.17) is 5.84 Å². The van der Waals surface area contributed by atoms with Crippen LogP contribution < -0.4 is 22.1 Å². The van der Waals surface area contributed by atoms with Gasteiger partial charge in [-0.05, 0) is 25.7 Å². The molecular weight excluding hydrogens is 182 g/mol. The Morgan fingerprint density at radius 1 is 1.29 bits per heavy atom. The van der Waals surface area contributed by atoms with Crippen molar-refractivity contribution in [2.45, 2.75) is 37.8 Å². The van der Waals surface area contributed by atoms with Gasteiger partial charge in [0.25, 0.3) is 0 Å². The van der Waals surface area contributed by atoms with E-state index in [-0.39, 0.29) is 0 Å². The lowest BCUT2D eigenvalue weighted by Crippen LogP contribution is -2.37. The van der Waals surface area contributed by atoms with Crippen LogP contribution in [0.3, 0.4) is 0 Å². The first-order chi connectivity index (χ1) is 6.86. The molecule has 0 aliphatic heterocycles. The Morgan fingerprint density at radius 3 is 2.57 bits per heavy atom. The molecule has 0 heterocycles. The zero-order valence-electron chi connectivity index (χ0n) is 8.07. The molecule has 14 heavy (non-hydrogen) atoms. The number of hydrazine groups is 2. The van der Waals surface area contributed by atoms with Gasteiger partial charge in [-0.3, -0.25) is 21.1 Å². The fraction of sp³-hybridized carbons (Fsp3) is 0.750. The van der Waals surface area contributed by atoms with E-state index in [1.54, 1.807) is 6.34 Å². The number of aliphatic imine (C=N–C) groups is 1. The van der Waals surface area contributed by atoms with Crippen LogP contribution >= 0.6 is 0 Å². The van der Waals surface area contributed by atoms with Gasteiger partial charge in [0.2, 0.25) is 6.41 Å². The molecule has 6 nitrogen and oxygen atoms in total. The second kappa shape index (κ2) is 6.33. The summed E-state index contributed by atoms with van der Waals surface area (Å²) < 4.78 is 0. The Kier molecular flexibility index (Phi) is 4.95. The number of hydrogen-bond donors (Lipinski definition) is 4. The molecule has 0 aromatic heterocycles. The average molecular weight is 199 g/mol. The second-order valence-corrected chi connectivity index (χ2v) is 3.36. The highest BCUT2D eigenvalue weighted by atomic mass is 16.1. The number of nitrogens with zero attached hydrogens (tertiary/aromatic N) is 1. The van der Waals surface area contributed by atoms with Gasteiger partial charge in [-0.15, -0.1) is 0 Å². The van der Waals surface area contributed by atoms with Crippen LogP contribution in [0.25, 0.3) is 0 Å². The summed E-state index contributed by atoms with van der Waals surface area (Å²) in [6, 6.07) is 0.681. The Bertz CT molecular complexity index is 188. The first kappa shape index (κ1) is 10.9. The summed E-state index contributed by atoms with van der Waals surface area (Å²) in [6.07, 6.45) is 6.35. The zero-order valence-corrected chi connectivity index (χ0v) is 8.07. The highest BCUT2D eigenvalue weighted by Crippen LogP contribution is 2.20. The Hall–Kier alpha value is -1.14. The zero-order chi connectivity index (χ0) is 10.2. The summed E-state index contributed by atoms with van der Waals surface area (Å²) in [6.45, 7) is 0. The van der Waals surface area contributed by atoms with Crippen LogP contribution in [0.15, 0.2) is 4.99 Å². The van der Waals surface area contributed by atoms with Crippen LogP contribution in [0, 0.1) is 0 Å². The third-order valence-electron chi connectivity index (χ3n) is 2.43. The molecule has 0 aromatic carbocycles. The number of rotatable bonds is 5. The summed E-state index contributed by atoms with van der Waals surface area (Å²) >= 11 is 0. The van der Waals surface area contributed by atoms with Gasteiger partial charge in [-0.1, -0.05) is 0 Å². The number of amides is 1. The molecule has 6 heteroatoms. The normalized spacial score (nSPS) is 27.5. The third-order valence-corrected chi connectivity index (χ3v) is 2.43. The number of nitrogens with one attached hydrogen (secondary N) is 3. The maximum absolute atomic E-state index is 10.2. The summed E-state index contributed by atoms with van der Waals surface area (Å²) in [5.74, 6) is 5.00. The van der Waals surface area contributed by atoms with Gasteiger partial charge in [-0.25, -0.2) is 0 Å². The van der Waals surface area contributed by atoms with Crippen molar-refractivity contribution in [2.24, 2.45) is 10.8 Å². The quantitative estimate of drug-likeness (QED) is 0.151. The van der Waals surface area contributed by atoms with E-state index in [1.807, 2.05) is 0 Å². The first-order valence-electron chi connectivity index (χ1n) is 4.79. The standard InChI is InChI=1S/C8H17N5O/c9-13-12-5-10-7-1-3-8(4-2-7)11-6-14/h5-8,13H,1-4,9H2,(H,10,12)(H,11,14). The fourth-order valence-corrected chi connectivity index (χ4v) is 1.67. The van der Waals surface area contributed by atoms with Crippen molar-refractivity contribution in [1.82, 2.24) is 16.3 Å². The SMILES string of the molecule is NNNC=NC1CCC(NC=O)CC1. The van der Waals surface area contributed by atoms with Crippen molar-refractivity contribution < 1.29 is 4.79 Å². The fourth-order valence-electron chi connectivity index (χ4n) is 1.67. The lowest BCUT2D eigenvalue weighted by Gasteiger charge is -2.25. The first-order valence-corrected chi connectivity index (χ1v) is 4.79. The molecule has 1 fully saturated rings. The van der Waals surface area contributed by atoms with Crippen LogP contribution in [-0.2, 0) is 4.79 Å². The van der Waals surface area contributed by atoms with Gasteiger partial charge >= 0.3 is 0 Å². The van der Waals surface area contributed by atoms with Gasteiger partial charge in [0.15, 0.2) is 0 Å². The second-order valence-electron chi connectivity index (χ2n) is 3.36. The largest absolute Gasteiger partial charge is 0.356 e. The van der Waals surface area contributed by atoms with Crippen molar-refractivity contribution in [2.75, 3.05) is 0 Å². The monoisotopic (exact) mass is 199 g/mol. The van der Waals surface area contributed by atoms with E-state index in [1.165, 1.54) is 0 Å². The topological polar surface area (TPSA) is 91.5 Å². The Balaban J connectivity index is 2.18. The Labute approximate surface area is 83.3 Å². The average Bonchev–Trinajstić information content (AvgIpc) is 2.21. The van der Waals surface area contributed by atoms with E-state index < -0.39 is 0 Å². The summed E-state index contributed by atoms with van der Waals surface area (Å²) in [4.78, 5) is 14.5. The number of nitrogens with two attached hydrogens (primary N) is 1. The molecule has 0 radical (unpaired) electrons. The molecular formula is C8H17N5O. The minimum Gasteiger partial charge on any atom is -0.356 e. The molecule has 0 unspecified atom stereocenters. The van der Waals surface area contributed by atoms with E-state index >= 15 is 0 Å². The predicted molar refractivity (Wildman–Crippen MR) is 54.2 cm³/mol. The maximum atomic E-state index is 10.2. The Morgan fingerprint density at radius 2 is 2.00 bits per heavy atom. The molecule has 0 spiro atoms. The van der Waals surface area contributed by atoms with Crippen LogP contribution in [0.4, 0.5) is 0 Å². The van der Waals surface area contributed by atoms with Crippen molar-refractivity contribution in [3.8, 4) is 0 Å². The molecule has 1 saturated carbocycles. The minimum absolute atomic E-state index is 0.333. The lowest BCUT2D eigenvalue weighted by molar-refractivity contribution is -0.110. The van der Waals surface area contributed by atoms with Crippen LogP contribution in [0.5, 0.6) is 0 Å². The van der Waals surface area contributed by atoms with E-state index in [2.05, 4.69) is 21.3 Å². The number of hydrogen-bond acceptors (Lipinski definition) is 4. The molecule has 1 amide bonds. The van der Waals surface area contributed by atoms with E-state index in [9.17, 15) is 4.79 Å². The molecule has 0 saturated heterocycles. The molecule has 5 N–H and O–H groups in total. The number of carbonyl (C=O) groups is 1. The van der Waals surface area contributed by atoms with E-state index in [0.717, 1.165) is 32.1 Å². The van der Waals surface area contributed by atoms with Crippen LogP contribution in [-0.4, -0.2) is 24.8 Å². The highest BCUT2D eigenvalue weighted by molar-refractivity contribution is 5.53. The minimum atomic E-state index is 0.333. The van der Waals surface area contributed by atoms with Gasteiger partial charge < -0.3 is 5.32 Å². The molecule has 1 aliphatic rings. The molecule has 80 valence electrons. The van der Waals surface area contributed by atoms with E-state index in [0.29, 0.717) is 12.1 Å². The predicted octanol–water partition coefficient (Wildman–Crippen LogP) is -0.960. The maximum Gasteiger partial charge on any atom is 0.207 e. The van der Waals surface area contributed by atoms with Gasteiger partial charge in [0.1, 0.15) is 0 Å². The summed E-state index contributed by atoms with van der Waals surface area (Å²) in [7, 11) is 0. The number of carbonyl (C=O) groups excluding carboxylic acids is 1. The molecule has 0 aromatic rings. The van der Waals surface area contributed by atoms with Crippen LogP contribution in [0.1, 0.15) is 25.7 Å². The van der Waals surface area contributed by atoms with Crippen molar-refractivity contribution in [3.63, 3.8) is 0 Å². The van der Waals surface area contributed by atoms with Gasteiger partial charge in [0, 0.05) is 6.04 Å². The van der Waals surface area contributed by atoms with Crippen molar-refractivity contribution in [1.29, 1.82) is 0 Å². The summed E-state index contributed by atoms with van der Waals surface area (Å²) in [5, 5.41) is 2.79. The molecule has 1 rings (SSSR count). The van der Waals surface area contributed by atoms with Crippen LogP contribution in [0.2, 0.25) is 0 Å². The van der Waals surface area contributed by atoms with Gasteiger partial charge in [0.05, 0.1) is 12.4 Å². The van der Waals surface area contributed by atoms with Crippen molar-refractivity contribution in [3.05, 3.63) is 0 Å². The summed E-state index contributed by atoms with van der Waals surface area (Å²) in [5.41, 5.74) is 4.87. The smallest absolute Gasteiger partial charge is 0.207 e. The lowest BCUT2D eigenvalue weighted by atomic mass is 9.92. The van der Waals surface area contributed by atoms with Gasteiger partial charge in [-0.2, -0.15) is 5.53 Å². The molecule has 1 aliphatic carbocycles. The molecule has 0 bridgehead atoms. The molecule has 0 atom stereocenters. The third kappa shape index (κ3) is 3.71. The highest BCUT2D eigenvalue weighted by Gasteiger charge is 2.19.